The number of alkyl halides is 3. The van der Waals surface area contributed by atoms with Crippen molar-refractivity contribution in [3.8, 4) is 5.88 Å². The molecule has 11 heteroatoms. The molecule has 8 nitrogen and oxygen atoms in total. The number of nitrogens with zero attached hydrogens (tertiary/aromatic N) is 3. The van der Waals surface area contributed by atoms with Gasteiger partial charge in [0.25, 0.3) is 0 Å². The third kappa shape index (κ3) is 6.21. The van der Waals surface area contributed by atoms with Crippen LogP contribution < -0.4 is 21.1 Å². The molecule has 3 aromatic rings. The predicted octanol–water partition coefficient (Wildman–Crippen LogP) is 3.11. The molecule has 0 aliphatic rings. The van der Waals surface area contributed by atoms with Gasteiger partial charge in [-0.25, -0.2) is 15.0 Å². The standard InChI is InChI=1S/C19H19F3N6O2/c20-19(21,22)11-30-16-10-26-15(9-27-16)18(29)28-13-4-1-3-12(7-13)8-25-14-5-2-6-24-17(14)23/h1-7,9-10,18,25,28-29H,8,11H2,(H2,23,24). The van der Waals surface area contributed by atoms with E-state index in [1.165, 1.54) is 0 Å². The Morgan fingerprint density at radius 2 is 1.93 bits per heavy atom. The van der Waals surface area contributed by atoms with E-state index in [1.807, 2.05) is 18.2 Å². The van der Waals surface area contributed by atoms with Crippen LogP contribution in [0.5, 0.6) is 5.88 Å². The quantitative estimate of drug-likeness (QED) is 0.411. The molecule has 0 aliphatic heterocycles. The summed E-state index contributed by atoms with van der Waals surface area (Å²) in [5.41, 5.74) is 8.16. The molecule has 0 bridgehead atoms. The number of hydrogen-bond acceptors (Lipinski definition) is 8. The maximum atomic E-state index is 12.2. The second-order valence-electron chi connectivity index (χ2n) is 6.22. The Morgan fingerprint density at radius 1 is 1.10 bits per heavy atom. The van der Waals surface area contributed by atoms with E-state index in [2.05, 4.69) is 30.3 Å². The fourth-order valence-electron chi connectivity index (χ4n) is 2.46. The van der Waals surface area contributed by atoms with Gasteiger partial charge in [0.15, 0.2) is 12.8 Å². The SMILES string of the molecule is Nc1ncccc1NCc1cccc(NC(O)c2cnc(OCC(F)(F)F)cn2)c1. The molecule has 1 unspecified atom stereocenters. The number of aromatic nitrogens is 3. The number of hydrogen-bond donors (Lipinski definition) is 4. The van der Waals surface area contributed by atoms with Crippen LogP contribution in [0, 0.1) is 0 Å². The summed E-state index contributed by atoms with van der Waals surface area (Å²) in [6, 6.07) is 10.8. The van der Waals surface area contributed by atoms with E-state index in [-0.39, 0.29) is 11.6 Å². The van der Waals surface area contributed by atoms with Gasteiger partial charge in [-0.2, -0.15) is 13.2 Å². The predicted molar refractivity (Wildman–Crippen MR) is 105 cm³/mol. The zero-order valence-corrected chi connectivity index (χ0v) is 15.6. The van der Waals surface area contributed by atoms with E-state index in [1.54, 1.807) is 24.4 Å². The average molecular weight is 420 g/mol. The lowest BCUT2D eigenvalue weighted by Gasteiger charge is -2.15. The summed E-state index contributed by atoms with van der Waals surface area (Å²) in [5, 5.41) is 16.3. The van der Waals surface area contributed by atoms with E-state index in [9.17, 15) is 18.3 Å². The van der Waals surface area contributed by atoms with Crippen LogP contribution in [-0.2, 0) is 6.54 Å². The maximum Gasteiger partial charge on any atom is 0.422 e. The van der Waals surface area contributed by atoms with Crippen molar-refractivity contribution in [2.24, 2.45) is 0 Å². The molecule has 0 radical (unpaired) electrons. The number of pyridine rings is 1. The number of ether oxygens (including phenoxy) is 1. The first-order valence-electron chi connectivity index (χ1n) is 8.79. The fraction of sp³-hybridized carbons (Fsp3) is 0.211. The number of anilines is 3. The third-order valence-electron chi connectivity index (χ3n) is 3.86. The first kappa shape index (κ1) is 21.1. The molecule has 0 saturated heterocycles. The van der Waals surface area contributed by atoms with Crippen molar-refractivity contribution < 1.29 is 23.0 Å². The number of aliphatic hydroxyl groups is 1. The largest absolute Gasteiger partial charge is 0.467 e. The Kier molecular flexibility index (Phi) is 6.52. The number of halogens is 3. The zero-order chi connectivity index (χ0) is 21.6. The molecule has 0 aliphatic carbocycles. The van der Waals surface area contributed by atoms with Crippen LogP contribution >= 0.6 is 0 Å². The van der Waals surface area contributed by atoms with Gasteiger partial charge in [-0.05, 0) is 29.8 Å². The van der Waals surface area contributed by atoms with Crippen LogP contribution in [0.25, 0.3) is 0 Å². The Balaban J connectivity index is 1.58. The van der Waals surface area contributed by atoms with Gasteiger partial charge in [0, 0.05) is 18.4 Å². The number of rotatable bonds is 8. The van der Waals surface area contributed by atoms with Gasteiger partial charge < -0.3 is 26.2 Å². The molecule has 0 saturated carbocycles. The van der Waals surface area contributed by atoms with E-state index >= 15 is 0 Å². The molecule has 0 spiro atoms. The van der Waals surface area contributed by atoms with Crippen LogP contribution in [0.1, 0.15) is 17.5 Å². The van der Waals surface area contributed by atoms with Crippen LogP contribution in [0.2, 0.25) is 0 Å². The zero-order valence-electron chi connectivity index (χ0n) is 15.6. The van der Waals surface area contributed by atoms with E-state index in [0.29, 0.717) is 23.7 Å². The van der Waals surface area contributed by atoms with Gasteiger partial charge in [0.1, 0.15) is 11.5 Å². The topological polar surface area (TPSA) is 118 Å². The molecule has 5 N–H and O–H groups in total. The lowest BCUT2D eigenvalue weighted by atomic mass is 10.2. The van der Waals surface area contributed by atoms with Gasteiger partial charge in [-0.3, -0.25) is 0 Å². The number of aliphatic hydroxyl groups excluding tert-OH is 1. The monoisotopic (exact) mass is 420 g/mol. The van der Waals surface area contributed by atoms with Crippen molar-refractivity contribution in [3.05, 3.63) is 66.2 Å². The van der Waals surface area contributed by atoms with Crippen molar-refractivity contribution in [2.45, 2.75) is 18.9 Å². The third-order valence-corrected chi connectivity index (χ3v) is 3.86. The number of nitrogen functional groups attached to an aromatic ring is 1. The Labute approximate surface area is 170 Å². The fourth-order valence-corrected chi connectivity index (χ4v) is 2.46. The maximum absolute atomic E-state index is 12.2. The minimum Gasteiger partial charge on any atom is -0.467 e. The summed E-state index contributed by atoms with van der Waals surface area (Å²) in [7, 11) is 0. The molecule has 3 rings (SSSR count). The lowest BCUT2D eigenvalue weighted by molar-refractivity contribution is -0.154. The highest BCUT2D eigenvalue weighted by Gasteiger charge is 2.28. The minimum absolute atomic E-state index is 0.126. The minimum atomic E-state index is -4.47. The summed E-state index contributed by atoms with van der Waals surface area (Å²) in [4.78, 5) is 11.6. The Bertz CT molecular complexity index is 969. The molecule has 0 fully saturated rings. The normalized spacial score (nSPS) is 12.3. The molecule has 2 aromatic heterocycles. The van der Waals surface area contributed by atoms with Crippen molar-refractivity contribution in [3.63, 3.8) is 0 Å². The van der Waals surface area contributed by atoms with E-state index in [0.717, 1.165) is 18.0 Å². The van der Waals surface area contributed by atoms with Crippen LogP contribution in [-0.4, -0.2) is 32.8 Å². The molecule has 1 aromatic carbocycles. The Hall–Kier alpha value is -3.60. The van der Waals surface area contributed by atoms with Crippen molar-refractivity contribution in [1.29, 1.82) is 0 Å². The Morgan fingerprint density at radius 3 is 2.63 bits per heavy atom. The highest BCUT2D eigenvalue weighted by atomic mass is 19.4. The highest BCUT2D eigenvalue weighted by Crippen LogP contribution is 2.21. The van der Waals surface area contributed by atoms with Crippen LogP contribution in [0.4, 0.5) is 30.4 Å². The van der Waals surface area contributed by atoms with Gasteiger partial charge in [-0.15, -0.1) is 0 Å². The van der Waals surface area contributed by atoms with Gasteiger partial charge >= 0.3 is 6.18 Å². The van der Waals surface area contributed by atoms with Crippen LogP contribution in [0.15, 0.2) is 55.0 Å². The summed E-state index contributed by atoms with van der Waals surface area (Å²) >= 11 is 0. The molecular formula is C19H19F3N6O2. The summed E-state index contributed by atoms with van der Waals surface area (Å²) in [6.45, 7) is -0.986. The second-order valence-corrected chi connectivity index (χ2v) is 6.22. The van der Waals surface area contributed by atoms with Crippen molar-refractivity contribution >= 4 is 17.2 Å². The molecule has 2 heterocycles. The first-order valence-corrected chi connectivity index (χ1v) is 8.79. The number of nitrogens with two attached hydrogens (primary N) is 1. The van der Waals surface area contributed by atoms with Crippen molar-refractivity contribution in [1.82, 2.24) is 15.0 Å². The molecular weight excluding hydrogens is 401 g/mol. The van der Waals surface area contributed by atoms with E-state index in [4.69, 9.17) is 5.73 Å². The highest BCUT2D eigenvalue weighted by molar-refractivity contribution is 5.61. The smallest absolute Gasteiger partial charge is 0.422 e. The van der Waals surface area contributed by atoms with Crippen LogP contribution in [0.3, 0.4) is 0 Å². The molecule has 1 atom stereocenters. The van der Waals surface area contributed by atoms with Gasteiger partial charge in [0.05, 0.1) is 18.1 Å². The van der Waals surface area contributed by atoms with Crippen molar-refractivity contribution in [2.75, 3.05) is 23.0 Å². The molecule has 30 heavy (non-hydrogen) atoms. The second kappa shape index (κ2) is 9.27. The lowest BCUT2D eigenvalue weighted by Crippen LogP contribution is -2.20. The van der Waals surface area contributed by atoms with Gasteiger partial charge in [0.2, 0.25) is 5.88 Å². The summed E-state index contributed by atoms with van der Waals surface area (Å²) in [6.07, 6.45) is -1.93. The molecule has 158 valence electrons. The van der Waals surface area contributed by atoms with E-state index < -0.39 is 19.0 Å². The summed E-state index contributed by atoms with van der Waals surface area (Å²) in [5.74, 6) is 0.106. The first-order chi connectivity index (χ1) is 14.3. The van der Waals surface area contributed by atoms with Gasteiger partial charge in [-0.1, -0.05) is 12.1 Å². The number of nitrogens with one attached hydrogen (secondary N) is 2. The average Bonchev–Trinajstić information content (AvgIpc) is 2.72. The number of benzene rings is 1. The summed E-state index contributed by atoms with van der Waals surface area (Å²) < 4.78 is 41.0. The molecule has 0 amide bonds.